The van der Waals surface area contributed by atoms with Crippen molar-refractivity contribution in [3.63, 3.8) is 0 Å². The normalized spacial score (nSPS) is 16.0. The van der Waals surface area contributed by atoms with Crippen molar-refractivity contribution in [2.75, 3.05) is 11.9 Å². The molecule has 6 heteroatoms. The maximum Gasteiger partial charge on any atom is 0.226 e. The fourth-order valence-electron chi connectivity index (χ4n) is 3.35. The second-order valence-corrected chi connectivity index (χ2v) is 7.42. The predicted octanol–water partition coefficient (Wildman–Crippen LogP) is 4.52. The Kier molecular flexibility index (Phi) is 4.86. The van der Waals surface area contributed by atoms with E-state index in [1.165, 1.54) is 12.1 Å². The molecule has 144 valence electrons. The van der Waals surface area contributed by atoms with Gasteiger partial charge in [-0.1, -0.05) is 26.0 Å². The Morgan fingerprint density at radius 3 is 2.57 bits per heavy atom. The van der Waals surface area contributed by atoms with Crippen LogP contribution in [-0.2, 0) is 4.79 Å². The van der Waals surface area contributed by atoms with Gasteiger partial charge in [0.25, 0.3) is 0 Å². The van der Waals surface area contributed by atoms with Crippen molar-refractivity contribution in [3.8, 4) is 11.4 Å². The molecule has 1 aromatic heterocycles. The number of anilines is 1. The molecular weight excluding hydrogens is 357 g/mol. The molecule has 0 spiro atoms. The average Bonchev–Trinajstić information content (AvgIpc) is 3.10. The van der Waals surface area contributed by atoms with Crippen LogP contribution in [0.1, 0.15) is 37.3 Å². The Morgan fingerprint density at radius 2 is 1.89 bits per heavy atom. The van der Waals surface area contributed by atoms with E-state index < -0.39 is 0 Å². The lowest BCUT2D eigenvalue weighted by atomic mass is 9.87. The van der Waals surface area contributed by atoms with Gasteiger partial charge in [-0.3, -0.25) is 4.79 Å². The Balaban J connectivity index is 1.64. The number of hydrogen-bond acceptors (Lipinski definition) is 3. The van der Waals surface area contributed by atoms with Gasteiger partial charge in [-0.2, -0.15) is 5.10 Å². The quantitative estimate of drug-likeness (QED) is 0.709. The van der Waals surface area contributed by atoms with Crippen LogP contribution in [0.25, 0.3) is 5.69 Å². The van der Waals surface area contributed by atoms with Gasteiger partial charge in [-0.05, 0) is 47.9 Å². The van der Waals surface area contributed by atoms with Crippen molar-refractivity contribution in [2.45, 2.75) is 26.2 Å². The Labute approximate surface area is 163 Å². The first-order chi connectivity index (χ1) is 13.5. The van der Waals surface area contributed by atoms with E-state index in [0.29, 0.717) is 30.5 Å². The lowest BCUT2D eigenvalue weighted by molar-refractivity contribution is -0.116. The highest BCUT2D eigenvalue weighted by atomic mass is 19.1. The van der Waals surface area contributed by atoms with Crippen LogP contribution in [0.3, 0.4) is 0 Å². The maximum absolute atomic E-state index is 13.2. The lowest BCUT2D eigenvalue weighted by Crippen LogP contribution is -2.24. The molecule has 1 aliphatic rings. The number of halogens is 1. The smallest absolute Gasteiger partial charge is 0.226 e. The highest BCUT2D eigenvalue weighted by Gasteiger charge is 2.30. The second-order valence-electron chi connectivity index (χ2n) is 7.42. The third-order valence-corrected chi connectivity index (χ3v) is 4.76. The SMILES string of the molecule is CC(C)COc1ccc(C2CC(=O)Nc3c2cnn3-c2ccc(F)cc2)cc1. The number of benzene rings is 2. The fraction of sp³-hybridized carbons (Fsp3) is 0.273. The molecule has 0 saturated heterocycles. The molecule has 3 aromatic rings. The third-order valence-electron chi connectivity index (χ3n) is 4.76. The second kappa shape index (κ2) is 7.46. The summed E-state index contributed by atoms with van der Waals surface area (Å²) in [4.78, 5) is 12.4. The molecule has 0 radical (unpaired) electrons. The number of hydrogen-bond donors (Lipinski definition) is 1. The molecule has 0 aliphatic carbocycles. The van der Waals surface area contributed by atoms with Gasteiger partial charge in [0.15, 0.2) is 0 Å². The van der Waals surface area contributed by atoms with Crippen molar-refractivity contribution in [1.29, 1.82) is 0 Å². The van der Waals surface area contributed by atoms with E-state index in [1.54, 1.807) is 23.0 Å². The number of rotatable bonds is 5. The number of nitrogens with zero attached hydrogens (tertiary/aromatic N) is 2. The molecule has 1 amide bonds. The molecule has 1 unspecified atom stereocenters. The predicted molar refractivity (Wildman–Crippen MR) is 105 cm³/mol. The summed E-state index contributed by atoms with van der Waals surface area (Å²) in [7, 11) is 0. The molecule has 2 aromatic carbocycles. The van der Waals surface area contributed by atoms with Crippen LogP contribution in [0.15, 0.2) is 54.7 Å². The molecule has 1 aliphatic heterocycles. The van der Waals surface area contributed by atoms with Crippen molar-refractivity contribution in [3.05, 3.63) is 71.7 Å². The van der Waals surface area contributed by atoms with Gasteiger partial charge < -0.3 is 10.1 Å². The molecule has 0 fully saturated rings. The van der Waals surface area contributed by atoms with Crippen LogP contribution in [0.5, 0.6) is 5.75 Å². The largest absolute Gasteiger partial charge is 0.493 e. The van der Waals surface area contributed by atoms with Gasteiger partial charge >= 0.3 is 0 Å². The molecule has 0 bridgehead atoms. The van der Waals surface area contributed by atoms with Crippen molar-refractivity contribution < 1.29 is 13.9 Å². The van der Waals surface area contributed by atoms with Gasteiger partial charge in [-0.15, -0.1) is 0 Å². The summed E-state index contributed by atoms with van der Waals surface area (Å²) in [6.07, 6.45) is 2.13. The first-order valence-corrected chi connectivity index (χ1v) is 9.37. The zero-order valence-electron chi connectivity index (χ0n) is 15.9. The van der Waals surface area contributed by atoms with Crippen molar-refractivity contribution in [1.82, 2.24) is 9.78 Å². The van der Waals surface area contributed by atoms with Gasteiger partial charge in [0, 0.05) is 17.9 Å². The first-order valence-electron chi connectivity index (χ1n) is 9.37. The summed E-state index contributed by atoms with van der Waals surface area (Å²) < 4.78 is 20.6. The monoisotopic (exact) mass is 379 g/mol. The van der Waals surface area contributed by atoms with Crippen LogP contribution in [0.2, 0.25) is 0 Å². The number of carbonyl (C=O) groups is 1. The van der Waals surface area contributed by atoms with Crippen LogP contribution < -0.4 is 10.1 Å². The van der Waals surface area contributed by atoms with Crippen molar-refractivity contribution in [2.24, 2.45) is 5.92 Å². The molecule has 0 saturated carbocycles. The summed E-state index contributed by atoms with van der Waals surface area (Å²) in [5.74, 6) is 1.44. The average molecular weight is 379 g/mol. The van der Waals surface area contributed by atoms with Crippen LogP contribution in [-0.4, -0.2) is 22.3 Å². The number of carbonyl (C=O) groups excluding carboxylic acids is 1. The lowest BCUT2D eigenvalue weighted by Gasteiger charge is -2.24. The van der Waals surface area contributed by atoms with Crippen LogP contribution in [0.4, 0.5) is 10.2 Å². The minimum absolute atomic E-state index is 0.0681. The summed E-state index contributed by atoms with van der Waals surface area (Å²) in [6, 6.07) is 13.9. The maximum atomic E-state index is 13.2. The third kappa shape index (κ3) is 3.63. The molecule has 1 atom stereocenters. The standard InChI is InChI=1S/C22H22FN3O2/c1-14(2)13-28-18-9-3-15(4-10-18)19-11-21(27)25-22-20(19)12-24-26(22)17-7-5-16(23)6-8-17/h3-10,12,14,19H,11,13H2,1-2H3,(H,25,27). The van der Waals surface area contributed by atoms with Crippen LogP contribution >= 0.6 is 0 Å². The molecular formula is C22H22FN3O2. The Hall–Kier alpha value is -3.15. The summed E-state index contributed by atoms with van der Waals surface area (Å²) >= 11 is 0. The number of amides is 1. The minimum atomic E-state index is -0.313. The van der Waals surface area contributed by atoms with E-state index in [4.69, 9.17) is 4.74 Å². The summed E-state index contributed by atoms with van der Waals surface area (Å²) in [6.45, 7) is 4.88. The molecule has 1 N–H and O–H groups in total. The van der Waals surface area contributed by atoms with Gasteiger partial charge in [-0.25, -0.2) is 9.07 Å². The summed E-state index contributed by atoms with van der Waals surface area (Å²) in [5.41, 5.74) is 2.67. The Morgan fingerprint density at radius 1 is 1.18 bits per heavy atom. The molecule has 4 rings (SSSR count). The van der Waals surface area contributed by atoms with Gasteiger partial charge in [0.1, 0.15) is 17.4 Å². The van der Waals surface area contributed by atoms with E-state index in [-0.39, 0.29) is 17.6 Å². The van der Waals surface area contributed by atoms with Crippen LogP contribution in [0, 0.1) is 11.7 Å². The minimum Gasteiger partial charge on any atom is -0.493 e. The fourth-order valence-corrected chi connectivity index (χ4v) is 3.35. The van der Waals surface area contributed by atoms with E-state index in [1.807, 2.05) is 24.3 Å². The zero-order valence-corrected chi connectivity index (χ0v) is 15.9. The number of nitrogens with one attached hydrogen (secondary N) is 1. The van der Waals surface area contributed by atoms with E-state index >= 15 is 0 Å². The van der Waals surface area contributed by atoms with Gasteiger partial charge in [0.05, 0.1) is 18.5 Å². The number of ether oxygens (including phenoxy) is 1. The Bertz CT molecular complexity index is 978. The molecule has 2 heterocycles. The topological polar surface area (TPSA) is 56.1 Å². The molecule has 28 heavy (non-hydrogen) atoms. The molecule has 5 nitrogen and oxygen atoms in total. The summed E-state index contributed by atoms with van der Waals surface area (Å²) in [5, 5.41) is 7.34. The zero-order chi connectivity index (χ0) is 19.7. The van der Waals surface area contributed by atoms with Gasteiger partial charge in [0.2, 0.25) is 5.91 Å². The van der Waals surface area contributed by atoms with E-state index in [0.717, 1.165) is 16.9 Å². The number of aromatic nitrogens is 2. The highest BCUT2D eigenvalue weighted by molar-refractivity contribution is 5.94. The first kappa shape index (κ1) is 18.2. The highest BCUT2D eigenvalue weighted by Crippen LogP contribution is 2.38. The van der Waals surface area contributed by atoms with E-state index in [9.17, 15) is 9.18 Å². The van der Waals surface area contributed by atoms with E-state index in [2.05, 4.69) is 24.3 Å². The van der Waals surface area contributed by atoms with Crippen molar-refractivity contribution >= 4 is 11.7 Å². The number of fused-ring (bicyclic) bond motifs is 1.